The zero-order valence-corrected chi connectivity index (χ0v) is 8.21. The first-order valence-electron chi connectivity index (χ1n) is 4.58. The Hall–Kier alpha value is -1.13. The smallest absolute Gasteiger partial charge is 0.326 e. The summed E-state index contributed by atoms with van der Waals surface area (Å²) in [6.07, 6.45) is -1.58. The SMILES string of the molecule is CCOC(=O)C1(C(=O)OCC)CC1F. The average Bonchev–Trinajstić information content (AvgIpc) is 2.80. The van der Waals surface area contributed by atoms with E-state index in [4.69, 9.17) is 0 Å². The van der Waals surface area contributed by atoms with Gasteiger partial charge in [-0.15, -0.1) is 0 Å². The monoisotopic (exact) mass is 204 g/mol. The number of esters is 2. The van der Waals surface area contributed by atoms with E-state index in [-0.39, 0.29) is 19.6 Å². The van der Waals surface area contributed by atoms with Crippen LogP contribution < -0.4 is 0 Å². The van der Waals surface area contributed by atoms with Crippen LogP contribution in [0, 0.1) is 5.41 Å². The van der Waals surface area contributed by atoms with Crippen molar-refractivity contribution in [1.82, 2.24) is 0 Å². The van der Waals surface area contributed by atoms with Crippen molar-refractivity contribution in [2.24, 2.45) is 5.41 Å². The van der Waals surface area contributed by atoms with Gasteiger partial charge in [0.05, 0.1) is 13.2 Å². The molecule has 0 saturated heterocycles. The fraction of sp³-hybridized carbons (Fsp3) is 0.778. The normalized spacial score (nSPS) is 22.6. The molecule has 14 heavy (non-hydrogen) atoms. The lowest BCUT2D eigenvalue weighted by Crippen LogP contribution is -2.32. The maximum atomic E-state index is 13.0. The summed E-state index contributed by atoms with van der Waals surface area (Å²) in [5, 5.41) is 0. The molecule has 1 aliphatic rings. The number of ether oxygens (including phenoxy) is 2. The first-order valence-corrected chi connectivity index (χ1v) is 4.58. The van der Waals surface area contributed by atoms with Gasteiger partial charge in [-0.25, -0.2) is 4.39 Å². The molecule has 0 aromatic rings. The molecule has 0 spiro atoms. The molecule has 4 nitrogen and oxygen atoms in total. The fourth-order valence-electron chi connectivity index (χ4n) is 1.25. The molecule has 80 valence electrons. The van der Waals surface area contributed by atoms with Crippen molar-refractivity contribution in [3.63, 3.8) is 0 Å². The molecule has 1 unspecified atom stereocenters. The highest BCUT2D eigenvalue weighted by molar-refractivity contribution is 6.04. The predicted octanol–water partition coefficient (Wildman–Crippen LogP) is 0.841. The minimum atomic E-state index is -1.66. The average molecular weight is 204 g/mol. The van der Waals surface area contributed by atoms with Crippen LogP contribution in [0.15, 0.2) is 0 Å². The maximum Gasteiger partial charge on any atom is 0.326 e. The molecule has 0 heterocycles. The molecule has 0 amide bonds. The van der Waals surface area contributed by atoms with Gasteiger partial charge in [-0.2, -0.15) is 0 Å². The highest BCUT2D eigenvalue weighted by atomic mass is 19.1. The van der Waals surface area contributed by atoms with Crippen molar-refractivity contribution in [1.29, 1.82) is 0 Å². The Balaban J connectivity index is 2.68. The van der Waals surface area contributed by atoms with Crippen LogP contribution in [0.3, 0.4) is 0 Å². The number of carbonyl (C=O) groups excluding carboxylic acids is 2. The minimum Gasteiger partial charge on any atom is -0.465 e. The molecule has 1 aliphatic carbocycles. The minimum absolute atomic E-state index is 0.120. The molecule has 0 aliphatic heterocycles. The second-order valence-corrected chi connectivity index (χ2v) is 3.08. The summed E-state index contributed by atoms with van der Waals surface area (Å²) in [6, 6.07) is 0. The lowest BCUT2D eigenvalue weighted by Gasteiger charge is -2.11. The molecular weight excluding hydrogens is 191 g/mol. The van der Waals surface area contributed by atoms with Crippen LogP contribution in [0.5, 0.6) is 0 Å². The fourth-order valence-corrected chi connectivity index (χ4v) is 1.25. The zero-order chi connectivity index (χ0) is 10.8. The lowest BCUT2D eigenvalue weighted by molar-refractivity contribution is -0.165. The van der Waals surface area contributed by atoms with E-state index in [0.29, 0.717) is 0 Å². The Morgan fingerprint density at radius 1 is 1.29 bits per heavy atom. The molecule has 0 N–H and O–H groups in total. The molecule has 1 atom stereocenters. The third kappa shape index (κ3) is 1.58. The Labute approximate surface area is 81.4 Å². The summed E-state index contributed by atoms with van der Waals surface area (Å²) >= 11 is 0. The van der Waals surface area contributed by atoms with Gasteiger partial charge in [-0.3, -0.25) is 9.59 Å². The maximum absolute atomic E-state index is 13.0. The topological polar surface area (TPSA) is 52.6 Å². The number of rotatable bonds is 4. The zero-order valence-electron chi connectivity index (χ0n) is 8.21. The van der Waals surface area contributed by atoms with Crippen molar-refractivity contribution in [3.8, 4) is 0 Å². The molecule has 5 heteroatoms. The van der Waals surface area contributed by atoms with Crippen molar-refractivity contribution < 1.29 is 23.5 Å². The largest absolute Gasteiger partial charge is 0.465 e. The Morgan fingerprint density at radius 2 is 1.64 bits per heavy atom. The van der Waals surface area contributed by atoms with Gasteiger partial charge >= 0.3 is 11.9 Å². The molecule has 0 aromatic heterocycles. The molecule has 1 fully saturated rings. The highest BCUT2D eigenvalue weighted by Gasteiger charge is 2.69. The number of hydrogen-bond acceptors (Lipinski definition) is 4. The predicted molar refractivity (Wildman–Crippen MR) is 45.2 cm³/mol. The number of halogens is 1. The summed E-state index contributed by atoms with van der Waals surface area (Å²) in [7, 11) is 0. The van der Waals surface area contributed by atoms with E-state index >= 15 is 0 Å². The number of alkyl halides is 1. The molecular formula is C9H13FO4. The van der Waals surface area contributed by atoms with Gasteiger partial charge in [0.1, 0.15) is 6.17 Å². The number of carbonyl (C=O) groups is 2. The highest BCUT2D eigenvalue weighted by Crippen LogP contribution is 2.50. The third-order valence-corrected chi connectivity index (χ3v) is 2.16. The van der Waals surface area contributed by atoms with Gasteiger partial charge in [0.15, 0.2) is 5.41 Å². The van der Waals surface area contributed by atoms with E-state index in [2.05, 4.69) is 9.47 Å². The summed E-state index contributed by atoms with van der Waals surface area (Å²) in [6.45, 7) is 3.47. The van der Waals surface area contributed by atoms with Crippen LogP contribution in [0.4, 0.5) is 4.39 Å². The second-order valence-electron chi connectivity index (χ2n) is 3.08. The summed E-state index contributed by atoms with van der Waals surface area (Å²) in [5.74, 6) is -1.63. The lowest BCUT2D eigenvalue weighted by atomic mass is 10.1. The van der Waals surface area contributed by atoms with Crippen molar-refractivity contribution in [3.05, 3.63) is 0 Å². The second kappa shape index (κ2) is 3.94. The van der Waals surface area contributed by atoms with Gasteiger partial charge in [0, 0.05) is 6.42 Å². The van der Waals surface area contributed by atoms with E-state index in [1.807, 2.05) is 0 Å². The molecule has 0 bridgehead atoms. The van der Waals surface area contributed by atoms with Crippen LogP contribution in [-0.2, 0) is 19.1 Å². The van der Waals surface area contributed by atoms with Crippen LogP contribution in [0.2, 0.25) is 0 Å². The van der Waals surface area contributed by atoms with Gasteiger partial charge < -0.3 is 9.47 Å². The van der Waals surface area contributed by atoms with Crippen molar-refractivity contribution >= 4 is 11.9 Å². The number of hydrogen-bond donors (Lipinski definition) is 0. The Bertz CT molecular complexity index is 233. The van der Waals surface area contributed by atoms with Crippen LogP contribution >= 0.6 is 0 Å². The van der Waals surface area contributed by atoms with E-state index in [1.54, 1.807) is 13.8 Å². The van der Waals surface area contributed by atoms with E-state index < -0.39 is 23.5 Å². The van der Waals surface area contributed by atoms with E-state index in [1.165, 1.54) is 0 Å². The van der Waals surface area contributed by atoms with Gasteiger partial charge in [0.25, 0.3) is 0 Å². The van der Waals surface area contributed by atoms with Gasteiger partial charge in [0.2, 0.25) is 0 Å². The van der Waals surface area contributed by atoms with Gasteiger partial charge in [-0.1, -0.05) is 0 Å². The molecule has 1 saturated carbocycles. The van der Waals surface area contributed by atoms with E-state index in [0.717, 1.165) is 0 Å². The Kier molecular flexibility index (Phi) is 3.08. The van der Waals surface area contributed by atoms with Crippen LogP contribution in [-0.4, -0.2) is 31.3 Å². The van der Waals surface area contributed by atoms with Gasteiger partial charge in [-0.05, 0) is 13.8 Å². The molecule has 0 radical (unpaired) electrons. The Morgan fingerprint density at radius 3 is 1.86 bits per heavy atom. The third-order valence-electron chi connectivity index (χ3n) is 2.16. The van der Waals surface area contributed by atoms with Crippen LogP contribution in [0.1, 0.15) is 20.3 Å². The first-order chi connectivity index (χ1) is 6.59. The standard InChI is InChI=1S/C9H13FO4/c1-3-13-7(11)9(5-6(9)10)8(12)14-4-2/h6H,3-5H2,1-2H3. The van der Waals surface area contributed by atoms with Crippen molar-refractivity contribution in [2.75, 3.05) is 13.2 Å². The van der Waals surface area contributed by atoms with Crippen LogP contribution in [0.25, 0.3) is 0 Å². The van der Waals surface area contributed by atoms with E-state index in [9.17, 15) is 14.0 Å². The first kappa shape index (κ1) is 10.9. The summed E-state index contributed by atoms with van der Waals surface area (Å²) < 4.78 is 22.2. The summed E-state index contributed by atoms with van der Waals surface area (Å²) in [4.78, 5) is 22.6. The summed E-state index contributed by atoms with van der Waals surface area (Å²) in [5.41, 5.74) is -1.66. The molecule has 0 aromatic carbocycles. The van der Waals surface area contributed by atoms with Crippen molar-refractivity contribution in [2.45, 2.75) is 26.4 Å². The quantitative estimate of drug-likeness (QED) is 0.503. The molecule has 1 rings (SSSR count).